The molecule has 136 valence electrons. The lowest BCUT2D eigenvalue weighted by molar-refractivity contribution is -0.120. The molecule has 0 saturated carbocycles. The summed E-state index contributed by atoms with van der Waals surface area (Å²) in [5.41, 5.74) is 0.610. The quantitative estimate of drug-likeness (QED) is 0.394. The van der Waals surface area contributed by atoms with Crippen molar-refractivity contribution in [3.8, 4) is 0 Å². The van der Waals surface area contributed by atoms with Crippen LogP contribution >= 0.6 is 27.7 Å². The summed E-state index contributed by atoms with van der Waals surface area (Å²) >= 11 is 4.75. The Hall–Kier alpha value is -1.34. The van der Waals surface area contributed by atoms with Crippen molar-refractivity contribution in [1.29, 1.82) is 0 Å². The van der Waals surface area contributed by atoms with Gasteiger partial charge in [-0.25, -0.2) is 4.98 Å². The smallest absolute Gasteiger partial charge is 0.262 e. The number of carbonyl (C=O) groups is 1. The highest BCUT2D eigenvalue weighted by atomic mass is 79.9. The van der Waals surface area contributed by atoms with Crippen LogP contribution in [0.1, 0.15) is 40.0 Å². The van der Waals surface area contributed by atoms with Crippen molar-refractivity contribution in [3.05, 3.63) is 33.0 Å². The van der Waals surface area contributed by atoms with Crippen molar-refractivity contribution in [3.63, 3.8) is 0 Å². The third kappa shape index (κ3) is 5.07. The van der Waals surface area contributed by atoms with E-state index in [4.69, 9.17) is 0 Å². The molecule has 0 aliphatic heterocycles. The van der Waals surface area contributed by atoms with Crippen LogP contribution in [-0.4, -0.2) is 27.3 Å². The second kappa shape index (κ2) is 9.38. The molecule has 0 bridgehead atoms. The number of hydrogen-bond acceptors (Lipinski definition) is 4. The van der Waals surface area contributed by atoms with Gasteiger partial charge in [-0.3, -0.25) is 14.2 Å². The molecule has 1 aromatic heterocycles. The van der Waals surface area contributed by atoms with Gasteiger partial charge in [0.25, 0.3) is 5.56 Å². The van der Waals surface area contributed by atoms with E-state index < -0.39 is 0 Å². The van der Waals surface area contributed by atoms with Crippen LogP contribution in [0.25, 0.3) is 10.9 Å². The number of benzene rings is 1. The highest BCUT2D eigenvalue weighted by Gasteiger charge is 2.19. The second-order valence-corrected chi connectivity index (χ2v) is 8.10. The van der Waals surface area contributed by atoms with Crippen molar-refractivity contribution in [1.82, 2.24) is 14.9 Å². The van der Waals surface area contributed by atoms with Gasteiger partial charge in [0.2, 0.25) is 5.91 Å². The first-order chi connectivity index (χ1) is 12.0. The molecule has 25 heavy (non-hydrogen) atoms. The second-order valence-electron chi connectivity index (χ2n) is 5.87. The Morgan fingerprint density at radius 2 is 2.12 bits per heavy atom. The third-order valence-corrected chi connectivity index (χ3v) is 5.45. The molecule has 7 heteroatoms. The van der Waals surface area contributed by atoms with E-state index in [1.165, 1.54) is 11.8 Å². The van der Waals surface area contributed by atoms with Crippen LogP contribution in [0.3, 0.4) is 0 Å². The maximum Gasteiger partial charge on any atom is 0.262 e. The molecule has 1 atom stereocenters. The Kier molecular flexibility index (Phi) is 7.50. The number of hydrogen-bond donors (Lipinski definition) is 1. The number of halogens is 1. The summed E-state index contributed by atoms with van der Waals surface area (Å²) in [7, 11) is 0. The molecule has 0 aliphatic rings. The molecular weight excluding hydrogens is 402 g/mol. The number of amides is 1. The third-order valence-electron chi connectivity index (χ3n) is 3.87. The van der Waals surface area contributed by atoms with Gasteiger partial charge in [0.1, 0.15) is 0 Å². The molecule has 0 spiro atoms. The average Bonchev–Trinajstić information content (AvgIpc) is 2.58. The van der Waals surface area contributed by atoms with E-state index in [1.54, 1.807) is 4.57 Å². The molecule has 1 heterocycles. The maximum atomic E-state index is 13.0. The van der Waals surface area contributed by atoms with Crippen LogP contribution in [-0.2, 0) is 11.3 Å². The normalized spacial score (nSPS) is 12.3. The fourth-order valence-electron chi connectivity index (χ4n) is 2.51. The zero-order valence-electron chi connectivity index (χ0n) is 14.8. The lowest BCUT2D eigenvalue weighted by Gasteiger charge is -2.16. The summed E-state index contributed by atoms with van der Waals surface area (Å²) in [6, 6.07) is 5.51. The first kappa shape index (κ1) is 20.0. The Labute approximate surface area is 160 Å². The van der Waals surface area contributed by atoms with Crippen LogP contribution < -0.4 is 10.9 Å². The Morgan fingerprint density at radius 3 is 2.80 bits per heavy atom. The summed E-state index contributed by atoms with van der Waals surface area (Å²) in [5.74, 6) is -0.0437. The molecule has 0 fully saturated rings. The minimum absolute atomic E-state index is 0.0437. The van der Waals surface area contributed by atoms with Crippen molar-refractivity contribution >= 4 is 44.5 Å². The van der Waals surface area contributed by atoms with E-state index in [-0.39, 0.29) is 16.7 Å². The number of aromatic nitrogens is 2. The van der Waals surface area contributed by atoms with Crippen LogP contribution in [0.4, 0.5) is 0 Å². The molecule has 0 saturated heterocycles. The summed E-state index contributed by atoms with van der Waals surface area (Å²) < 4.78 is 2.57. The highest BCUT2D eigenvalue weighted by molar-refractivity contribution is 9.10. The van der Waals surface area contributed by atoms with Crippen molar-refractivity contribution < 1.29 is 4.79 Å². The Morgan fingerprint density at radius 1 is 1.36 bits per heavy atom. The van der Waals surface area contributed by atoms with Gasteiger partial charge >= 0.3 is 0 Å². The zero-order valence-corrected chi connectivity index (χ0v) is 17.2. The number of fused-ring (bicyclic) bond motifs is 1. The summed E-state index contributed by atoms with van der Waals surface area (Å²) in [6.45, 7) is 7.07. The van der Waals surface area contributed by atoms with Crippen LogP contribution in [0, 0.1) is 0 Å². The predicted octanol–water partition coefficient (Wildman–Crippen LogP) is 3.97. The lowest BCUT2D eigenvalue weighted by Crippen LogP contribution is -2.31. The topological polar surface area (TPSA) is 64.0 Å². The van der Waals surface area contributed by atoms with Crippen LogP contribution in [0.15, 0.2) is 32.6 Å². The fraction of sp³-hybridized carbons (Fsp3) is 0.500. The van der Waals surface area contributed by atoms with E-state index in [9.17, 15) is 9.59 Å². The number of rotatable bonds is 8. The molecule has 0 radical (unpaired) electrons. The van der Waals surface area contributed by atoms with Gasteiger partial charge in [0.05, 0.1) is 16.2 Å². The minimum atomic E-state index is -0.308. The van der Waals surface area contributed by atoms with Crippen LogP contribution in [0.2, 0.25) is 0 Å². The minimum Gasteiger partial charge on any atom is -0.355 e. The van der Waals surface area contributed by atoms with Crippen molar-refractivity contribution in [2.75, 3.05) is 6.54 Å². The number of nitrogens with zero attached hydrogens (tertiary/aromatic N) is 2. The van der Waals surface area contributed by atoms with Gasteiger partial charge in [-0.15, -0.1) is 0 Å². The van der Waals surface area contributed by atoms with Gasteiger partial charge in [-0.2, -0.15) is 0 Å². The lowest BCUT2D eigenvalue weighted by atomic mass is 10.2. The predicted molar refractivity (Wildman–Crippen MR) is 107 cm³/mol. The van der Waals surface area contributed by atoms with E-state index >= 15 is 0 Å². The first-order valence-electron chi connectivity index (χ1n) is 8.62. The monoisotopic (exact) mass is 425 g/mol. The number of carbonyl (C=O) groups excluding carboxylic acids is 1. The maximum absolute atomic E-state index is 13.0. The molecular formula is C18H24BrN3O2S. The fourth-order valence-corrected chi connectivity index (χ4v) is 3.83. The molecule has 0 aliphatic carbocycles. The zero-order chi connectivity index (χ0) is 18.4. The molecule has 1 aromatic carbocycles. The van der Waals surface area contributed by atoms with E-state index in [0.717, 1.165) is 23.7 Å². The largest absolute Gasteiger partial charge is 0.355 e. The van der Waals surface area contributed by atoms with Gasteiger partial charge in [0, 0.05) is 17.6 Å². The summed E-state index contributed by atoms with van der Waals surface area (Å²) in [6.07, 6.45) is 3.05. The molecule has 2 rings (SSSR count). The first-order valence-corrected chi connectivity index (χ1v) is 10.3. The van der Waals surface area contributed by atoms with Crippen molar-refractivity contribution in [2.45, 2.75) is 57.0 Å². The Balaban J connectivity index is 2.44. The summed E-state index contributed by atoms with van der Waals surface area (Å²) in [4.78, 5) is 29.7. The highest BCUT2D eigenvalue weighted by Crippen LogP contribution is 2.24. The van der Waals surface area contributed by atoms with Crippen LogP contribution in [0.5, 0.6) is 0 Å². The van der Waals surface area contributed by atoms with E-state index in [0.29, 0.717) is 29.1 Å². The molecule has 5 nitrogen and oxygen atoms in total. The SMILES string of the molecule is CCCCCn1c(SC(C)C(=O)NCC)nc2ccc(Br)cc2c1=O. The molecule has 1 unspecified atom stereocenters. The van der Waals surface area contributed by atoms with E-state index in [2.05, 4.69) is 33.2 Å². The number of nitrogens with one attached hydrogen (secondary N) is 1. The molecule has 1 amide bonds. The molecule has 2 aromatic rings. The molecule has 1 N–H and O–H groups in total. The average molecular weight is 426 g/mol. The standard InChI is InChI=1S/C18H24BrN3O2S/c1-4-6-7-10-22-17(24)14-11-13(19)8-9-15(14)21-18(22)25-12(3)16(23)20-5-2/h8-9,11-12H,4-7,10H2,1-3H3,(H,20,23). The van der Waals surface area contributed by atoms with Gasteiger partial charge in [0.15, 0.2) is 5.16 Å². The summed E-state index contributed by atoms with van der Waals surface area (Å²) in [5, 5.41) is 3.71. The number of unbranched alkanes of at least 4 members (excludes halogenated alkanes) is 2. The van der Waals surface area contributed by atoms with Gasteiger partial charge in [-0.1, -0.05) is 47.5 Å². The van der Waals surface area contributed by atoms with Crippen molar-refractivity contribution in [2.24, 2.45) is 0 Å². The number of thioether (sulfide) groups is 1. The van der Waals surface area contributed by atoms with Gasteiger partial charge < -0.3 is 5.32 Å². The van der Waals surface area contributed by atoms with Gasteiger partial charge in [-0.05, 0) is 38.5 Å². The van der Waals surface area contributed by atoms with E-state index in [1.807, 2.05) is 32.0 Å². The Bertz CT molecular complexity index is 807.